The van der Waals surface area contributed by atoms with Gasteiger partial charge in [0.1, 0.15) is 5.82 Å². The molecule has 0 saturated carbocycles. The summed E-state index contributed by atoms with van der Waals surface area (Å²) in [4.78, 5) is 6.26. The lowest BCUT2D eigenvalue weighted by molar-refractivity contribution is 0.174. The van der Waals surface area contributed by atoms with Crippen molar-refractivity contribution in [3.8, 4) is 11.5 Å². The minimum Gasteiger partial charge on any atom is -0.454 e. The summed E-state index contributed by atoms with van der Waals surface area (Å²) in [6.07, 6.45) is 1.62. The molecule has 3 aromatic rings. The van der Waals surface area contributed by atoms with E-state index < -0.39 is 10.0 Å². The molecule has 0 fully saturated rings. The number of para-hydroxylation sites is 1. The van der Waals surface area contributed by atoms with E-state index in [1.54, 1.807) is 24.4 Å². The van der Waals surface area contributed by atoms with Gasteiger partial charge in [0.2, 0.25) is 6.79 Å². The third kappa shape index (κ3) is 3.52. The highest BCUT2D eigenvalue weighted by Crippen LogP contribution is 2.34. The second kappa shape index (κ2) is 6.81. The standard InChI is InChI=1S/C19H17N3O4S/c1-22(14-5-3-2-4-6-14)15-7-10-19(20-12-15)21-27(23,24)16-8-9-17-18(11-16)26-13-25-17/h2-12H,13H2,1H3,(H,20,21). The fourth-order valence-electron chi connectivity index (χ4n) is 2.69. The smallest absolute Gasteiger partial charge is 0.263 e. The summed E-state index contributed by atoms with van der Waals surface area (Å²) < 4.78 is 38.1. The molecule has 0 unspecified atom stereocenters. The van der Waals surface area contributed by atoms with Crippen molar-refractivity contribution in [2.75, 3.05) is 23.5 Å². The van der Waals surface area contributed by atoms with Crippen molar-refractivity contribution in [1.29, 1.82) is 0 Å². The summed E-state index contributed by atoms with van der Waals surface area (Å²) in [5.41, 5.74) is 1.85. The number of pyridine rings is 1. The van der Waals surface area contributed by atoms with Crippen LogP contribution in [0.1, 0.15) is 0 Å². The molecule has 0 saturated heterocycles. The molecule has 0 bridgehead atoms. The fourth-order valence-corrected chi connectivity index (χ4v) is 3.71. The van der Waals surface area contributed by atoms with Crippen LogP contribution in [0.4, 0.5) is 17.2 Å². The van der Waals surface area contributed by atoms with Gasteiger partial charge >= 0.3 is 0 Å². The first kappa shape index (κ1) is 17.2. The number of nitrogens with zero attached hydrogens (tertiary/aromatic N) is 2. The molecule has 0 spiro atoms. The molecule has 0 amide bonds. The fraction of sp³-hybridized carbons (Fsp3) is 0.105. The SMILES string of the molecule is CN(c1ccccc1)c1ccc(NS(=O)(=O)c2ccc3c(c2)OCO3)nc1. The van der Waals surface area contributed by atoms with Crippen molar-refractivity contribution in [3.63, 3.8) is 0 Å². The van der Waals surface area contributed by atoms with Gasteiger partial charge in [0.25, 0.3) is 10.0 Å². The van der Waals surface area contributed by atoms with E-state index in [1.165, 1.54) is 12.1 Å². The number of ether oxygens (including phenoxy) is 2. The molecule has 0 radical (unpaired) electrons. The third-order valence-electron chi connectivity index (χ3n) is 4.17. The number of fused-ring (bicyclic) bond motifs is 1. The first-order valence-electron chi connectivity index (χ1n) is 8.20. The molecule has 2 aromatic carbocycles. The van der Waals surface area contributed by atoms with E-state index in [9.17, 15) is 8.42 Å². The molecule has 4 rings (SSSR count). The van der Waals surface area contributed by atoms with Crippen LogP contribution in [0.5, 0.6) is 11.5 Å². The van der Waals surface area contributed by atoms with E-state index in [0.717, 1.165) is 11.4 Å². The Morgan fingerprint density at radius 3 is 2.48 bits per heavy atom. The first-order chi connectivity index (χ1) is 13.0. The van der Waals surface area contributed by atoms with Crippen molar-refractivity contribution in [3.05, 3.63) is 66.9 Å². The molecular weight excluding hydrogens is 366 g/mol. The number of nitrogens with one attached hydrogen (secondary N) is 1. The number of anilines is 3. The van der Waals surface area contributed by atoms with Crippen LogP contribution in [-0.4, -0.2) is 27.2 Å². The van der Waals surface area contributed by atoms with E-state index in [0.29, 0.717) is 11.5 Å². The topological polar surface area (TPSA) is 80.8 Å². The molecule has 1 aromatic heterocycles. The van der Waals surface area contributed by atoms with E-state index in [-0.39, 0.29) is 17.5 Å². The second-order valence-corrected chi connectivity index (χ2v) is 7.60. The molecule has 2 heterocycles. The Bertz CT molecular complexity index is 1050. The zero-order valence-electron chi connectivity index (χ0n) is 14.5. The number of sulfonamides is 1. The van der Waals surface area contributed by atoms with Gasteiger partial charge in [0.15, 0.2) is 11.5 Å². The quantitative estimate of drug-likeness (QED) is 0.727. The number of rotatable bonds is 5. The molecule has 8 heteroatoms. The lowest BCUT2D eigenvalue weighted by Gasteiger charge is -2.19. The maximum absolute atomic E-state index is 12.6. The first-order valence-corrected chi connectivity index (χ1v) is 9.68. The maximum Gasteiger partial charge on any atom is 0.263 e. The van der Waals surface area contributed by atoms with Gasteiger partial charge in [-0.3, -0.25) is 4.72 Å². The van der Waals surface area contributed by atoms with Crippen LogP contribution < -0.4 is 19.1 Å². The highest BCUT2D eigenvalue weighted by atomic mass is 32.2. The molecule has 27 heavy (non-hydrogen) atoms. The Kier molecular flexibility index (Phi) is 4.33. The van der Waals surface area contributed by atoms with Gasteiger partial charge in [-0.2, -0.15) is 0 Å². The Hall–Kier alpha value is -3.26. The van der Waals surface area contributed by atoms with Crippen LogP contribution in [-0.2, 0) is 10.0 Å². The van der Waals surface area contributed by atoms with Crippen molar-refractivity contribution in [2.24, 2.45) is 0 Å². The van der Waals surface area contributed by atoms with Gasteiger partial charge in [0, 0.05) is 18.8 Å². The van der Waals surface area contributed by atoms with Gasteiger partial charge in [-0.1, -0.05) is 18.2 Å². The van der Waals surface area contributed by atoms with Crippen molar-refractivity contribution < 1.29 is 17.9 Å². The summed E-state index contributed by atoms with van der Waals surface area (Å²) in [7, 11) is -1.86. The number of aromatic nitrogens is 1. The number of hydrogen-bond acceptors (Lipinski definition) is 6. The van der Waals surface area contributed by atoms with Gasteiger partial charge in [0.05, 0.1) is 16.8 Å². The minimum absolute atomic E-state index is 0.0824. The number of hydrogen-bond donors (Lipinski definition) is 1. The Morgan fingerprint density at radius 1 is 0.963 bits per heavy atom. The predicted octanol–water partition coefficient (Wildman–Crippen LogP) is 3.38. The highest BCUT2D eigenvalue weighted by Gasteiger charge is 2.20. The Balaban J connectivity index is 1.52. The molecule has 7 nitrogen and oxygen atoms in total. The average molecular weight is 383 g/mol. The zero-order chi connectivity index (χ0) is 18.9. The normalized spacial score (nSPS) is 12.6. The van der Waals surface area contributed by atoms with E-state index >= 15 is 0 Å². The van der Waals surface area contributed by atoms with Crippen LogP contribution in [0.2, 0.25) is 0 Å². The zero-order valence-corrected chi connectivity index (χ0v) is 15.3. The predicted molar refractivity (Wildman–Crippen MR) is 102 cm³/mol. The van der Waals surface area contributed by atoms with Gasteiger partial charge in [-0.15, -0.1) is 0 Å². The van der Waals surface area contributed by atoms with E-state index in [2.05, 4.69) is 9.71 Å². The summed E-state index contributed by atoms with van der Waals surface area (Å²) in [5.74, 6) is 1.17. The third-order valence-corrected chi connectivity index (χ3v) is 5.52. The largest absolute Gasteiger partial charge is 0.454 e. The second-order valence-electron chi connectivity index (χ2n) is 5.92. The molecule has 138 valence electrons. The lowest BCUT2D eigenvalue weighted by Crippen LogP contribution is -2.14. The summed E-state index contributed by atoms with van der Waals surface area (Å²) in [5, 5.41) is 0. The summed E-state index contributed by atoms with van der Waals surface area (Å²) in [6, 6.07) is 17.7. The summed E-state index contributed by atoms with van der Waals surface area (Å²) >= 11 is 0. The van der Waals surface area contributed by atoms with Crippen LogP contribution in [0.15, 0.2) is 71.8 Å². The van der Waals surface area contributed by atoms with Gasteiger partial charge in [-0.25, -0.2) is 13.4 Å². The number of benzene rings is 2. The van der Waals surface area contributed by atoms with Crippen LogP contribution in [0.3, 0.4) is 0 Å². The molecule has 1 aliphatic heterocycles. The Labute approximate surface area is 157 Å². The summed E-state index contributed by atoms with van der Waals surface area (Å²) in [6.45, 7) is 0.0875. The van der Waals surface area contributed by atoms with Crippen molar-refractivity contribution >= 4 is 27.2 Å². The monoisotopic (exact) mass is 383 g/mol. The van der Waals surface area contributed by atoms with Crippen LogP contribution in [0.25, 0.3) is 0 Å². The lowest BCUT2D eigenvalue weighted by atomic mass is 10.3. The van der Waals surface area contributed by atoms with E-state index in [4.69, 9.17) is 9.47 Å². The van der Waals surface area contributed by atoms with Gasteiger partial charge in [-0.05, 0) is 36.4 Å². The van der Waals surface area contributed by atoms with Crippen LogP contribution >= 0.6 is 0 Å². The molecule has 0 aliphatic carbocycles. The average Bonchev–Trinajstić information content (AvgIpc) is 3.16. The molecule has 0 atom stereocenters. The minimum atomic E-state index is -3.78. The van der Waals surface area contributed by atoms with Crippen molar-refractivity contribution in [1.82, 2.24) is 4.98 Å². The molecule has 1 N–H and O–H groups in total. The molecular formula is C19H17N3O4S. The molecule has 1 aliphatic rings. The van der Waals surface area contributed by atoms with Gasteiger partial charge < -0.3 is 14.4 Å². The Morgan fingerprint density at radius 2 is 1.74 bits per heavy atom. The highest BCUT2D eigenvalue weighted by molar-refractivity contribution is 7.92. The van der Waals surface area contributed by atoms with Crippen molar-refractivity contribution in [2.45, 2.75) is 4.90 Å². The van der Waals surface area contributed by atoms with Crippen LogP contribution in [0, 0.1) is 0 Å². The maximum atomic E-state index is 12.6. The van der Waals surface area contributed by atoms with E-state index in [1.807, 2.05) is 42.3 Å².